The van der Waals surface area contributed by atoms with Gasteiger partial charge in [0.1, 0.15) is 12.1 Å². The molecular weight excluding hydrogens is 374 g/mol. The molecule has 3 atom stereocenters. The first kappa shape index (κ1) is 19.5. The number of anilines is 1. The summed E-state index contributed by atoms with van der Waals surface area (Å²) in [5.74, 6) is 2.00. The average molecular weight is 406 g/mol. The van der Waals surface area contributed by atoms with Crippen LogP contribution in [0.5, 0.6) is 0 Å². The lowest BCUT2D eigenvalue weighted by Gasteiger charge is -2.46. The fraction of sp³-hybridized carbons (Fsp3) is 0.542. The Morgan fingerprint density at radius 2 is 1.70 bits per heavy atom. The molecule has 2 aliphatic rings. The Labute approximate surface area is 178 Å². The van der Waals surface area contributed by atoms with Crippen LogP contribution >= 0.6 is 0 Å². The molecule has 0 spiro atoms. The first-order valence-electron chi connectivity index (χ1n) is 11.1. The monoisotopic (exact) mass is 405 g/mol. The van der Waals surface area contributed by atoms with Crippen molar-refractivity contribution in [2.45, 2.75) is 58.0 Å². The molecule has 3 heterocycles. The van der Waals surface area contributed by atoms with Crippen molar-refractivity contribution in [3.05, 3.63) is 42.4 Å². The van der Waals surface area contributed by atoms with E-state index in [1.807, 2.05) is 23.9 Å². The van der Waals surface area contributed by atoms with Gasteiger partial charge in [-0.25, -0.2) is 14.6 Å². The van der Waals surface area contributed by atoms with Crippen LogP contribution in [0.2, 0.25) is 0 Å². The Kier molecular flexibility index (Phi) is 4.40. The minimum atomic E-state index is -0.654. The van der Waals surface area contributed by atoms with Crippen LogP contribution in [0.4, 0.5) is 5.82 Å². The van der Waals surface area contributed by atoms with Crippen LogP contribution < -0.4 is 4.90 Å². The maximum absolute atomic E-state index is 10.7. The highest BCUT2D eigenvalue weighted by atomic mass is 16.3. The quantitative estimate of drug-likeness (QED) is 0.711. The van der Waals surface area contributed by atoms with Gasteiger partial charge in [-0.2, -0.15) is 5.10 Å². The van der Waals surface area contributed by atoms with Crippen LogP contribution in [0, 0.1) is 11.8 Å². The Balaban J connectivity index is 1.50. The maximum atomic E-state index is 10.7. The third-order valence-corrected chi connectivity index (χ3v) is 7.89. The van der Waals surface area contributed by atoms with Gasteiger partial charge in [0.25, 0.3) is 0 Å². The normalized spacial score (nSPS) is 28.5. The maximum Gasteiger partial charge on any atom is 0.159 e. The molecule has 1 saturated carbocycles. The molecule has 0 bridgehead atoms. The van der Waals surface area contributed by atoms with Crippen molar-refractivity contribution in [1.82, 2.24) is 19.7 Å². The second-order valence-corrected chi connectivity index (χ2v) is 9.91. The van der Waals surface area contributed by atoms with E-state index in [1.54, 1.807) is 6.33 Å². The van der Waals surface area contributed by atoms with Gasteiger partial charge in [-0.1, -0.05) is 39.3 Å². The number of fused-ring (bicyclic) bond motifs is 1. The topological polar surface area (TPSA) is 67.1 Å². The summed E-state index contributed by atoms with van der Waals surface area (Å²) in [7, 11) is 0. The molecule has 158 valence electrons. The van der Waals surface area contributed by atoms with Crippen molar-refractivity contribution in [1.29, 1.82) is 0 Å². The molecule has 3 aromatic rings. The van der Waals surface area contributed by atoms with E-state index in [2.05, 4.69) is 58.9 Å². The minimum absolute atomic E-state index is 0.163. The molecule has 0 radical (unpaired) electrons. The molecule has 6 heteroatoms. The Morgan fingerprint density at radius 1 is 1.00 bits per heavy atom. The Hall–Kier alpha value is -2.47. The summed E-state index contributed by atoms with van der Waals surface area (Å²) < 4.78 is 1.93. The number of hydrogen-bond donors (Lipinski definition) is 1. The van der Waals surface area contributed by atoms with Gasteiger partial charge in [-0.05, 0) is 36.8 Å². The molecule has 2 fully saturated rings. The van der Waals surface area contributed by atoms with E-state index in [1.165, 1.54) is 24.8 Å². The summed E-state index contributed by atoms with van der Waals surface area (Å²) in [4.78, 5) is 11.3. The van der Waals surface area contributed by atoms with Gasteiger partial charge in [0, 0.05) is 36.4 Å². The third kappa shape index (κ3) is 3.00. The van der Waals surface area contributed by atoms with Gasteiger partial charge in [0.2, 0.25) is 0 Å². The SMILES string of the molecule is C[C@@H]1CN(c2cc(-n3ncc4ccc(C5(C)CCC5)cc43)ncn2)C[C@H](C)C1(C)O. The molecular formula is C24H31N5O. The zero-order valence-electron chi connectivity index (χ0n) is 18.3. The molecule has 2 aromatic heterocycles. The van der Waals surface area contributed by atoms with Gasteiger partial charge in [-0.15, -0.1) is 0 Å². The molecule has 5 rings (SSSR count). The molecule has 1 N–H and O–H groups in total. The first-order valence-corrected chi connectivity index (χ1v) is 11.1. The molecule has 6 nitrogen and oxygen atoms in total. The van der Waals surface area contributed by atoms with Gasteiger partial charge in [0.15, 0.2) is 5.82 Å². The minimum Gasteiger partial charge on any atom is -0.389 e. The van der Waals surface area contributed by atoms with Gasteiger partial charge in [-0.3, -0.25) is 0 Å². The lowest BCUT2D eigenvalue weighted by molar-refractivity contribution is -0.0504. The molecule has 1 aliphatic heterocycles. The number of aromatic nitrogens is 4. The van der Waals surface area contributed by atoms with Gasteiger partial charge >= 0.3 is 0 Å². The summed E-state index contributed by atoms with van der Waals surface area (Å²) in [6.07, 6.45) is 7.34. The van der Waals surface area contributed by atoms with E-state index in [0.717, 1.165) is 35.6 Å². The standard InChI is InChI=1S/C24H31N5O/c1-16-13-28(14-17(2)24(16,4)30)21-11-22(26-15-25-21)29-20-10-19(23(3)8-5-9-23)7-6-18(20)12-27-29/h6-7,10-12,15-17,30H,5,8-9,13-14H2,1-4H3/t16-,17+,24?. The highest BCUT2D eigenvalue weighted by molar-refractivity contribution is 5.81. The average Bonchev–Trinajstić information content (AvgIpc) is 3.13. The summed E-state index contributed by atoms with van der Waals surface area (Å²) in [6.45, 7) is 10.1. The lowest BCUT2D eigenvalue weighted by Crippen LogP contribution is -2.55. The van der Waals surface area contributed by atoms with E-state index in [9.17, 15) is 5.11 Å². The smallest absolute Gasteiger partial charge is 0.159 e. The van der Waals surface area contributed by atoms with Crippen molar-refractivity contribution in [2.24, 2.45) is 11.8 Å². The second kappa shape index (κ2) is 6.77. The van der Waals surface area contributed by atoms with Crippen molar-refractivity contribution < 1.29 is 5.11 Å². The van der Waals surface area contributed by atoms with Crippen molar-refractivity contribution in [2.75, 3.05) is 18.0 Å². The zero-order valence-corrected chi connectivity index (χ0v) is 18.3. The van der Waals surface area contributed by atoms with Crippen LogP contribution in [-0.2, 0) is 5.41 Å². The highest BCUT2D eigenvalue weighted by Gasteiger charge is 2.41. The fourth-order valence-corrected chi connectivity index (χ4v) is 4.98. The van der Waals surface area contributed by atoms with Crippen LogP contribution in [0.3, 0.4) is 0 Å². The molecule has 1 aliphatic carbocycles. The molecule has 1 unspecified atom stereocenters. The summed E-state index contributed by atoms with van der Waals surface area (Å²) >= 11 is 0. The van der Waals surface area contributed by atoms with Crippen LogP contribution in [-0.4, -0.2) is 43.5 Å². The molecule has 30 heavy (non-hydrogen) atoms. The molecule has 0 amide bonds. The summed E-state index contributed by atoms with van der Waals surface area (Å²) in [5, 5.41) is 16.5. The Morgan fingerprint density at radius 3 is 2.37 bits per heavy atom. The molecule has 1 saturated heterocycles. The van der Waals surface area contributed by atoms with Crippen LogP contribution in [0.25, 0.3) is 16.7 Å². The predicted octanol–water partition coefficient (Wildman–Crippen LogP) is 4.10. The first-order chi connectivity index (χ1) is 14.3. The number of piperidine rings is 1. The predicted molar refractivity (Wildman–Crippen MR) is 119 cm³/mol. The van der Waals surface area contributed by atoms with E-state index in [0.29, 0.717) is 0 Å². The van der Waals surface area contributed by atoms with Gasteiger partial charge in [0.05, 0.1) is 17.3 Å². The van der Waals surface area contributed by atoms with Crippen molar-refractivity contribution in [3.8, 4) is 5.82 Å². The number of rotatable bonds is 3. The van der Waals surface area contributed by atoms with Crippen LogP contribution in [0.1, 0.15) is 52.5 Å². The van der Waals surface area contributed by atoms with E-state index in [-0.39, 0.29) is 17.3 Å². The summed E-state index contributed by atoms with van der Waals surface area (Å²) in [5.41, 5.74) is 2.11. The van der Waals surface area contributed by atoms with E-state index in [4.69, 9.17) is 0 Å². The summed E-state index contributed by atoms with van der Waals surface area (Å²) in [6, 6.07) is 8.73. The van der Waals surface area contributed by atoms with E-state index >= 15 is 0 Å². The Bertz CT molecular complexity index is 1070. The second-order valence-electron chi connectivity index (χ2n) is 9.91. The van der Waals surface area contributed by atoms with Crippen molar-refractivity contribution in [3.63, 3.8) is 0 Å². The number of aliphatic hydroxyl groups is 1. The zero-order chi connectivity index (χ0) is 21.1. The van der Waals surface area contributed by atoms with Crippen molar-refractivity contribution >= 4 is 16.7 Å². The number of nitrogens with zero attached hydrogens (tertiary/aromatic N) is 5. The largest absolute Gasteiger partial charge is 0.389 e. The van der Waals surface area contributed by atoms with E-state index < -0.39 is 5.60 Å². The lowest BCUT2D eigenvalue weighted by atomic mass is 9.66. The highest BCUT2D eigenvalue weighted by Crippen LogP contribution is 2.44. The molecule has 1 aromatic carbocycles. The third-order valence-electron chi connectivity index (χ3n) is 7.89. The van der Waals surface area contributed by atoms with Crippen LogP contribution in [0.15, 0.2) is 36.8 Å². The fourth-order valence-electron chi connectivity index (χ4n) is 4.98. The van der Waals surface area contributed by atoms with Gasteiger partial charge < -0.3 is 10.0 Å². The number of hydrogen-bond acceptors (Lipinski definition) is 5. The number of benzene rings is 1.